The van der Waals surface area contributed by atoms with Crippen LogP contribution in [0, 0.1) is 5.92 Å². The number of hydrogen-bond acceptors (Lipinski definition) is 2. The van der Waals surface area contributed by atoms with Crippen LogP contribution in [0.4, 0.5) is 0 Å². The molecule has 1 aromatic rings. The first-order chi connectivity index (χ1) is 10.7. The molecule has 4 atom stereocenters. The summed E-state index contributed by atoms with van der Waals surface area (Å²) >= 11 is 0. The lowest BCUT2D eigenvalue weighted by Crippen LogP contribution is -2.17. The zero-order valence-electron chi connectivity index (χ0n) is 13.5. The van der Waals surface area contributed by atoms with Crippen LogP contribution in [0.2, 0.25) is 0 Å². The topological polar surface area (TPSA) is 40.5 Å². The predicted octanol–water partition coefficient (Wildman–Crippen LogP) is 4.27. The third-order valence-electron chi connectivity index (χ3n) is 5.41. The minimum atomic E-state index is -0.287. The van der Waals surface area contributed by atoms with Gasteiger partial charge in [0.15, 0.2) is 0 Å². The normalized spacial score (nSPS) is 31.0. The van der Waals surface area contributed by atoms with Crippen molar-refractivity contribution in [2.45, 2.75) is 70.0 Å². The molecule has 0 amide bonds. The van der Waals surface area contributed by atoms with Crippen molar-refractivity contribution in [2.75, 3.05) is 0 Å². The molecule has 1 saturated carbocycles. The maximum absolute atomic E-state index is 10.4. The molecule has 1 aromatic carbocycles. The molecule has 2 nitrogen and oxygen atoms in total. The summed E-state index contributed by atoms with van der Waals surface area (Å²) in [5.41, 5.74) is 3.65. The smallest absolute Gasteiger partial charge is 0.0795 e. The number of benzene rings is 1. The molecule has 0 heterocycles. The van der Waals surface area contributed by atoms with Gasteiger partial charge in [-0.15, -0.1) is 0 Å². The summed E-state index contributed by atoms with van der Waals surface area (Å²) in [6.45, 7) is 2.20. The summed E-state index contributed by atoms with van der Waals surface area (Å²) in [7, 11) is 0. The van der Waals surface area contributed by atoms with Crippen molar-refractivity contribution in [2.24, 2.45) is 5.92 Å². The number of fused-ring (bicyclic) bond motifs is 1. The Hall–Kier alpha value is -1.12. The van der Waals surface area contributed by atoms with E-state index in [9.17, 15) is 10.2 Å². The molecule has 2 aliphatic rings. The fraction of sp³-hybridized carbons (Fsp3) is 0.600. The van der Waals surface area contributed by atoms with Crippen molar-refractivity contribution in [3.8, 4) is 0 Å². The van der Waals surface area contributed by atoms with E-state index in [4.69, 9.17) is 0 Å². The molecule has 0 bridgehead atoms. The van der Waals surface area contributed by atoms with Crippen molar-refractivity contribution >= 4 is 0 Å². The largest absolute Gasteiger partial charge is 0.392 e. The van der Waals surface area contributed by atoms with Gasteiger partial charge in [-0.25, -0.2) is 0 Å². The number of unbranched alkanes of at least 4 members (excludes halogenated alkanes) is 1. The summed E-state index contributed by atoms with van der Waals surface area (Å²) in [6, 6.07) is 6.46. The quantitative estimate of drug-likeness (QED) is 0.797. The summed E-state index contributed by atoms with van der Waals surface area (Å²) < 4.78 is 0. The third kappa shape index (κ3) is 3.13. The van der Waals surface area contributed by atoms with Crippen LogP contribution < -0.4 is 0 Å². The van der Waals surface area contributed by atoms with Crippen LogP contribution in [0.15, 0.2) is 30.4 Å². The van der Waals surface area contributed by atoms with Gasteiger partial charge in [-0.05, 0) is 61.1 Å². The second kappa shape index (κ2) is 6.97. The average molecular weight is 300 g/mol. The van der Waals surface area contributed by atoms with Gasteiger partial charge in [0.05, 0.1) is 12.2 Å². The molecule has 0 aliphatic heterocycles. The van der Waals surface area contributed by atoms with Crippen LogP contribution >= 0.6 is 0 Å². The Balaban J connectivity index is 1.76. The molecule has 0 aromatic heterocycles. The highest BCUT2D eigenvalue weighted by Crippen LogP contribution is 2.43. The maximum atomic E-state index is 10.4. The third-order valence-corrected chi connectivity index (χ3v) is 5.41. The Morgan fingerprint density at radius 3 is 2.82 bits per heavy atom. The Kier molecular flexibility index (Phi) is 5.00. The van der Waals surface area contributed by atoms with Gasteiger partial charge < -0.3 is 10.2 Å². The molecule has 0 spiro atoms. The van der Waals surface area contributed by atoms with Crippen LogP contribution in [-0.4, -0.2) is 16.3 Å². The van der Waals surface area contributed by atoms with Gasteiger partial charge in [0.1, 0.15) is 0 Å². The van der Waals surface area contributed by atoms with Crippen molar-refractivity contribution < 1.29 is 10.2 Å². The zero-order chi connectivity index (χ0) is 15.5. The zero-order valence-corrected chi connectivity index (χ0v) is 13.5. The van der Waals surface area contributed by atoms with E-state index in [1.165, 1.54) is 17.5 Å². The molecule has 120 valence electrons. The SMILES string of the molecule is CCCC=CC[C@H]1CC[C@@H](O)[C@@H]1c1ccc2c(c1)CCC2O. The van der Waals surface area contributed by atoms with Gasteiger partial charge in [0, 0.05) is 5.92 Å². The lowest BCUT2D eigenvalue weighted by atomic mass is 9.84. The summed E-state index contributed by atoms with van der Waals surface area (Å²) in [5.74, 6) is 0.807. The van der Waals surface area contributed by atoms with E-state index in [1.807, 2.05) is 0 Å². The second-order valence-electron chi connectivity index (χ2n) is 6.94. The highest BCUT2D eigenvalue weighted by Gasteiger charge is 2.36. The van der Waals surface area contributed by atoms with E-state index in [2.05, 4.69) is 37.3 Å². The van der Waals surface area contributed by atoms with Crippen molar-refractivity contribution in [3.05, 3.63) is 47.0 Å². The van der Waals surface area contributed by atoms with Crippen LogP contribution in [0.3, 0.4) is 0 Å². The minimum absolute atomic E-state index is 0.214. The standard InChI is InChI=1S/C20H28O2/c1-2-3-4-5-6-14-8-12-19(22)20(14)16-7-10-17-15(13-16)9-11-18(17)21/h4-5,7,10,13-14,18-22H,2-3,6,8-9,11-12H2,1H3/t14-,18?,19+,20-/m0/s1. The number of aliphatic hydroxyl groups is 2. The Labute approximate surface area is 133 Å². The molecule has 2 heteroatoms. The van der Waals surface area contributed by atoms with Gasteiger partial charge in [-0.2, -0.15) is 0 Å². The number of aryl methyl sites for hydroxylation is 1. The number of rotatable bonds is 5. The summed E-state index contributed by atoms with van der Waals surface area (Å²) in [5, 5.41) is 20.4. The Morgan fingerprint density at radius 2 is 2.00 bits per heavy atom. The number of allylic oxidation sites excluding steroid dienone is 2. The minimum Gasteiger partial charge on any atom is -0.392 e. The number of hydrogen-bond donors (Lipinski definition) is 2. The molecule has 1 fully saturated rings. The molecule has 0 radical (unpaired) electrons. The molecule has 3 rings (SSSR count). The first kappa shape index (κ1) is 15.8. The van der Waals surface area contributed by atoms with Crippen molar-refractivity contribution in [3.63, 3.8) is 0 Å². The average Bonchev–Trinajstić information content (AvgIpc) is 3.07. The van der Waals surface area contributed by atoms with Crippen LogP contribution in [0.5, 0.6) is 0 Å². The predicted molar refractivity (Wildman–Crippen MR) is 89.9 cm³/mol. The van der Waals surface area contributed by atoms with Crippen LogP contribution in [0.25, 0.3) is 0 Å². The summed E-state index contributed by atoms with van der Waals surface area (Å²) in [4.78, 5) is 0. The lowest BCUT2D eigenvalue weighted by molar-refractivity contribution is 0.155. The molecular weight excluding hydrogens is 272 g/mol. The highest BCUT2D eigenvalue weighted by atomic mass is 16.3. The molecule has 2 aliphatic carbocycles. The first-order valence-corrected chi connectivity index (χ1v) is 8.84. The van der Waals surface area contributed by atoms with Crippen LogP contribution in [-0.2, 0) is 6.42 Å². The van der Waals surface area contributed by atoms with Gasteiger partial charge in [-0.3, -0.25) is 0 Å². The maximum Gasteiger partial charge on any atom is 0.0795 e. The van der Waals surface area contributed by atoms with E-state index in [1.54, 1.807) is 0 Å². The molecule has 2 N–H and O–H groups in total. The van der Waals surface area contributed by atoms with Gasteiger partial charge in [0.2, 0.25) is 0 Å². The number of aliphatic hydroxyl groups excluding tert-OH is 2. The van der Waals surface area contributed by atoms with E-state index in [0.29, 0.717) is 5.92 Å². The van der Waals surface area contributed by atoms with E-state index in [0.717, 1.165) is 44.1 Å². The van der Waals surface area contributed by atoms with E-state index >= 15 is 0 Å². The Morgan fingerprint density at radius 1 is 1.14 bits per heavy atom. The second-order valence-corrected chi connectivity index (χ2v) is 6.94. The highest BCUT2D eigenvalue weighted by molar-refractivity contribution is 5.39. The Bertz CT molecular complexity index is 535. The molecule has 0 saturated heterocycles. The van der Waals surface area contributed by atoms with Crippen molar-refractivity contribution in [1.82, 2.24) is 0 Å². The van der Waals surface area contributed by atoms with Crippen molar-refractivity contribution in [1.29, 1.82) is 0 Å². The fourth-order valence-corrected chi connectivity index (χ4v) is 4.19. The molecular formula is C20H28O2. The van der Waals surface area contributed by atoms with Crippen LogP contribution in [0.1, 0.15) is 74.2 Å². The first-order valence-electron chi connectivity index (χ1n) is 8.84. The summed E-state index contributed by atoms with van der Waals surface area (Å²) in [6.07, 6.45) is 11.3. The molecule has 1 unspecified atom stereocenters. The monoisotopic (exact) mass is 300 g/mol. The van der Waals surface area contributed by atoms with Gasteiger partial charge >= 0.3 is 0 Å². The van der Waals surface area contributed by atoms with E-state index < -0.39 is 0 Å². The molecule has 22 heavy (non-hydrogen) atoms. The van der Waals surface area contributed by atoms with Gasteiger partial charge in [0.25, 0.3) is 0 Å². The van der Waals surface area contributed by atoms with E-state index in [-0.39, 0.29) is 18.1 Å². The fourth-order valence-electron chi connectivity index (χ4n) is 4.19. The lowest BCUT2D eigenvalue weighted by Gasteiger charge is -2.22. The van der Waals surface area contributed by atoms with Gasteiger partial charge in [-0.1, -0.05) is 43.7 Å².